The van der Waals surface area contributed by atoms with E-state index in [-0.39, 0.29) is 10.8 Å². The number of nitrogens with one attached hydrogen (secondary N) is 1. The van der Waals surface area contributed by atoms with Gasteiger partial charge in [0.2, 0.25) is 15.9 Å². The molecule has 0 radical (unpaired) electrons. The van der Waals surface area contributed by atoms with E-state index in [1.54, 1.807) is 6.08 Å². The minimum Gasteiger partial charge on any atom is -0.321 e. The van der Waals surface area contributed by atoms with Gasteiger partial charge in [0.05, 0.1) is 10.6 Å². The number of anilines is 1. The standard InChI is InChI=1S/C13H11BrN2O3S2/c14-11-8-10(21(15,18)19)4-5-12(11)16-13(17)6-3-9-2-1-7-20-9/h1-8H,(H,16,17)(H2,15,18,19)/b6-3+. The lowest BCUT2D eigenvalue weighted by molar-refractivity contribution is -0.111. The summed E-state index contributed by atoms with van der Waals surface area (Å²) in [7, 11) is -3.77. The molecule has 0 aliphatic heterocycles. The fourth-order valence-electron chi connectivity index (χ4n) is 1.49. The first-order chi connectivity index (χ1) is 9.86. The summed E-state index contributed by atoms with van der Waals surface area (Å²) in [5.41, 5.74) is 0.461. The van der Waals surface area contributed by atoms with Gasteiger partial charge in [-0.05, 0) is 51.7 Å². The number of carbonyl (C=O) groups excluding carboxylic acids is 1. The molecule has 3 N–H and O–H groups in total. The highest BCUT2D eigenvalue weighted by Crippen LogP contribution is 2.25. The lowest BCUT2D eigenvalue weighted by Gasteiger charge is -2.06. The van der Waals surface area contributed by atoms with Gasteiger partial charge in [-0.15, -0.1) is 11.3 Å². The Balaban J connectivity index is 2.11. The molecule has 0 bridgehead atoms. The first-order valence-corrected chi connectivity index (χ1v) is 8.93. The van der Waals surface area contributed by atoms with E-state index in [0.29, 0.717) is 10.2 Å². The number of amides is 1. The van der Waals surface area contributed by atoms with Gasteiger partial charge in [-0.1, -0.05) is 6.07 Å². The van der Waals surface area contributed by atoms with Crippen LogP contribution in [0.15, 0.2) is 51.2 Å². The predicted molar refractivity (Wildman–Crippen MR) is 87.5 cm³/mol. The molecule has 1 heterocycles. The van der Waals surface area contributed by atoms with Gasteiger partial charge in [-0.2, -0.15) is 0 Å². The van der Waals surface area contributed by atoms with E-state index in [1.165, 1.54) is 35.6 Å². The maximum absolute atomic E-state index is 11.8. The third-order valence-corrected chi connectivity index (χ3v) is 4.87. The maximum atomic E-state index is 11.8. The summed E-state index contributed by atoms with van der Waals surface area (Å²) < 4.78 is 22.9. The number of sulfonamides is 1. The van der Waals surface area contributed by atoms with Crippen LogP contribution >= 0.6 is 27.3 Å². The Kier molecular flexibility index (Phi) is 4.94. The summed E-state index contributed by atoms with van der Waals surface area (Å²) in [4.78, 5) is 12.7. The van der Waals surface area contributed by atoms with Crippen molar-refractivity contribution in [2.75, 3.05) is 5.32 Å². The molecule has 0 fully saturated rings. The topological polar surface area (TPSA) is 89.3 Å². The number of thiophene rings is 1. The Labute approximate surface area is 134 Å². The van der Waals surface area contributed by atoms with Crippen LogP contribution < -0.4 is 10.5 Å². The van der Waals surface area contributed by atoms with Gasteiger partial charge in [0.15, 0.2) is 0 Å². The maximum Gasteiger partial charge on any atom is 0.248 e. The van der Waals surface area contributed by atoms with Crippen molar-refractivity contribution in [1.82, 2.24) is 0 Å². The molecule has 0 unspecified atom stereocenters. The number of nitrogens with two attached hydrogens (primary N) is 1. The quantitative estimate of drug-likeness (QED) is 0.791. The summed E-state index contributed by atoms with van der Waals surface area (Å²) in [6, 6.07) is 7.93. The van der Waals surface area contributed by atoms with Crippen LogP contribution in [0, 0.1) is 0 Å². The molecule has 110 valence electrons. The normalized spacial score (nSPS) is 11.7. The molecule has 0 atom stereocenters. The molecule has 1 aromatic carbocycles. The Bertz CT molecular complexity index is 784. The van der Waals surface area contributed by atoms with Crippen molar-refractivity contribution in [3.05, 3.63) is 51.1 Å². The van der Waals surface area contributed by atoms with E-state index in [1.807, 2.05) is 17.5 Å². The van der Waals surface area contributed by atoms with Crippen LogP contribution in [0.25, 0.3) is 6.08 Å². The van der Waals surface area contributed by atoms with Crippen molar-refractivity contribution >= 4 is 55.0 Å². The monoisotopic (exact) mass is 386 g/mol. The lowest BCUT2D eigenvalue weighted by Crippen LogP contribution is -2.13. The molecule has 5 nitrogen and oxygen atoms in total. The highest BCUT2D eigenvalue weighted by Gasteiger charge is 2.11. The van der Waals surface area contributed by atoms with Gasteiger partial charge in [0, 0.05) is 15.4 Å². The third kappa shape index (κ3) is 4.50. The van der Waals surface area contributed by atoms with Crippen LogP contribution in [0.3, 0.4) is 0 Å². The van der Waals surface area contributed by atoms with Gasteiger partial charge >= 0.3 is 0 Å². The number of primary sulfonamides is 1. The Morgan fingerprint density at radius 2 is 2.10 bits per heavy atom. The molecule has 1 amide bonds. The van der Waals surface area contributed by atoms with Crippen molar-refractivity contribution in [3.63, 3.8) is 0 Å². The largest absolute Gasteiger partial charge is 0.321 e. The molecule has 0 aliphatic carbocycles. The zero-order valence-corrected chi connectivity index (χ0v) is 13.8. The summed E-state index contributed by atoms with van der Waals surface area (Å²) in [5.74, 6) is -0.313. The average molecular weight is 387 g/mol. The third-order valence-electron chi connectivity index (χ3n) is 2.47. The molecular formula is C13H11BrN2O3S2. The fraction of sp³-hybridized carbons (Fsp3) is 0. The highest BCUT2D eigenvalue weighted by atomic mass is 79.9. The van der Waals surface area contributed by atoms with Crippen LogP contribution in [0.4, 0.5) is 5.69 Å². The van der Waals surface area contributed by atoms with Crippen molar-refractivity contribution in [2.24, 2.45) is 5.14 Å². The van der Waals surface area contributed by atoms with Crippen LogP contribution in [0.1, 0.15) is 4.88 Å². The first kappa shape index (κ1) is 15.9. The van der Waals surface area contributed by atoms with E-state index in [4.69, 9.17) is 5.14 Å². The van der Waals surface area contributed by atoms with E-state index in [9.17, 15) is 13.2 Å². The molecule has 8 heteroatoms. The van der Waals surface area contributed by atoms with E-state index < -0.39 is 10.0 Å². The van der Waals surface area contributed by atoms with E-state index in [0.717, 1.165) is 4.88 Å². The Morgan fingerprint density at radius 3 is 2.67 bits per heavy atom. The van der Waals surface area contributed by atoms with Crippen molar-refractivity contribution in [3.8, 4) is 0 Å². The zero-order chi connectivity index (χ0) is 15.5. The number of hydrogen-bond acceptors (Lipinski definition) is 4. The minimum absolute atomic E-state index is 0.0264. The molecule has 1 aromatic heterocycles. The van der Waals surface area contributed by atoms with Crippen molar-refractivity contribution in [1.29, 1.82) is 0 Å². The number of rotatable bonds is 4. The number of hydrogen-bond donors (Lipinski definition) is 2. The number of benzene rings is 1. The SMILES string of the molecule is NS(=O)(=O)c1ccc(NC(=O)/C=C/c2cccs2)c(Br)c1. The second-order valence-corrected chi connectivity index (χ2v) is 7.42. The lowest BCUT2D eigenvalue weighted by atomic mass is 10.3. The summed E-state index contributed by atoms with van der Waals surface area (Å²) in [6.45, 7) is 0. The fourth-order valence-corrected chi connectivity index (χ4v) is 3.28. The summed E-state index contributed by atoms with van der Waals surface area (Å²) in [6.07, 6.45) is 3.11. The minimum atomic E-state index is -3.77. The molecule has 0 saturated heterocycles. The molecule has 2 rings (SSSR count). The smallest absolute Gasteiger partial charge is 0.248 e. The molecule has 2 aromatic rings. The summed E-state index contributed by atoms with van der Waals surface area (Å²) in [5, 5.41) is 9.60. The van der Waals surface area contributed by atoms with Crippen LogP contribution in [-0.2, 0) is 14.8 Å². The van der Waals surface area contributed by atoms with Gasteiger partial charge in [0.1, 0.15) is 0 Å². The molecule has 21 heavy (non-hydrogen) atoms. The van der Waals surface area contributed by atoms with Gasteiger partial charge in [-0.25, -0.2) is 13.6 Å². The zero-order valence-electron chi connectivity index (χ0n) is 10.6. The van der Waals surface area contributed by atoms with E-state index >= 15 is 0 Å². The van der Waals surface area contributed by atoms with Gasteiger partial charge < -0.3 is 5.32 Å². The predicted octanol–water partition coefficient (Wildman–Crippen LogP) is 2.81. The molecule has 0 spiro atoms. The molecule has 0 aliphatic rings. The van der Waals surface area contributed by atoms with Crippen LogP contribution in [-0.4, -0.2) is 14.3 Å². The average Bonchev–Trinajstić information content (AvgIpc) is 2.91. The Morgan fingerprint density at radius 1 is 1.33 bits per heavy atom. The Hall–Kier alpha value is -1.48. The van der Waals surface area contributed by atoms with Crippen LogP contribution in [0.5, 0.6) is 0 Å². The molecular weight excluding hydrogens is 376 g/mol. The molecule has 0 saturated carbocycles. The highest BCUT2D eigenvalue weighted by molar-refractivity contribution is 9.10. The number of carbonyl (C=O) groups is 1. The second kappa shape index (κ2) is 6.52. The summed E-state index contributed by atoms with van der Waals surface area (Å²) >= 11 is 4.72. The van der Waals surface area contributed by atoms with Crippen LogP contribution in [0.2, 0.25) is 0 Å². The number of halogens is 1. The first-order valence-electron chi connectivity index (χ1n) is 5.71. The van der Waals surface area contributed by atoms with Crippen molar-refractivity contribution < 1.29 is 13.2 Å². The van der Waals surface area contributed by atoms with Gasteiger partial charge in [0.25, 0.3) is 0 Å². The van der Waals surface area contributed by atoms with Crippen molar-refractivity contribution in [2.45, 2.75) is 4.90 Å². The second-order valence-electron chi connectivity index (χ2n) is 4.02. The van der Waals surface area contributed by atoms with E-state index in [2.05, 4.69) is 21.2 Å². The van der Waals surface area contributed by atoms with Gasteiger partial charge in [-0.3, -0.25) is 4.79 Å².